The van der Waals surface area contributed by atoms with Gasteiger partial charge in [-0.2, -0.15) is 13.2 Å². The zero-order valence-corrected chi connectivity index (χ0v) is 9.74. The first-order valence-electron chi connectivity index (χ1n) is 4.53. The number of ether oxygens (including phenoxy) is 1. The Morgan fingerprint density at radius 1 is 1.25 bits per heavy atom. The maximum atomic E-state index is 13.0. The Morgan fingerprint density at radius 3 is 2.50 bits per heavy atom. The van der Waals surface area contributed by atoms with E-state index in [2.05, 4.69) is 15.9 Å². The van der Waals surface area contributed by atoms with Crippen molar-refractivity contribution < 1.29 is 22.3 Å². The van der Waals surface area contributed by atoms with Gasteiger partial charge in [-0.25, -0.2) is 4.39 Å². The van der Waals surface area contributed by atoms with Crippen LogP contribution in [0, 0.1) is 5.82 Å². The van der Waals surface area contributed by atoms with E-state index in [-0.39, 0.29) is 23.2 Å². The molecule has 1 rings (SSSR count). The lowest BCUT2D eigenvalue weighted by Gasteiger charge is -2.08. The average molecular weight is 301 g/mol. The summed E-state index contributed by atoms with van der Waals surface area (Å²) in [7, 11) is 0. The third-order valence-electron chi connectivity index (χ3n) is 1.76. The molecule has 0 saturated carbocycles. The van der Waals surface area contributed by atoms with Crippen LogP contribution in [0.5, 0.6) is 5.75 Å². The minimum Gasteiger partial charge on any atom is -0.493 e. The Bertz CT molecular complexity index is 351. The smallest absolute Gasteiger partial charge is 0.389 e. The van der Waals surface area contributed by atoms with Crippen LogP contribution >= 0.6 is 15.9 Å². The van der Waals surface area contributed by atoms with Gasteiger partial charge >= 0.3 is 6.18 Å². The van der Waals surface area contributed by atoms with Gasteiger partial charge in [-0.05, 0) is 34.5 Å². The molecule has 16 heavy (non-hydrogen) atoms. The van der Waals surface area contributed by atoms with Crippen LogP contribution in [0.15, 0.2) is 22.7 Å². The molecule has 0 heterocycles. The van der Waals surface area contributed by atoms with Gasteiger partial charge < -0.3 is 4.74 Å². The standard InChI is InChI=1S/C10H9BrF4O/c11-8-3-2-7(6-9(8)12)16-5-1-4-10(13,14)15/h2-3,6H,1,4-5H2. The second kappa shape index (κ2) is 5.52. The highest BCUT2D eigenvalue weighted by Gasteiger charge is 2.26. The monoisotopic (exact) mass is 300 g/mol. The highest BCUT2D eigenvalue weighted by molar-refractivity contribution is 9.10. The quantitative estimate of drug-likeness (QED) is 0.595. The number of alkyl halides is 3. The topological polar surface area (TPSA) is 9.23 Å². The lowest BCUT2D eigenvalue weighted by Crippen LogP contribution is -2.09. The molecule has 1 aromatic rings. The van der Waals surface area contributed by atoms with E-state index in [4.69, 9.17) is 4.74 Å². The van der Waals surface area contributed by atoms with Crippen molar-refractivity contribution in [1.29, 1.82) is 0 Å². The Kier molecular flexibility index (Phi) is 4.58. The minimum absolute atomic E-state index is 0.0828. The van der Waals surface area contributed by atoms with Crippen LogP contribution in [0.25, 0.3) is 0 Å². The predicted octanol–water partition coefficient (Wildman–Crippen LogP) is 4.31. The van der Waals surface area contributed by atoms with E-state index >= 15 is 0 Å². The molecule has 1 nitrogen and oxygen atoms in total. The van der Waals surface area contributed by atoms with E-state index in [1.165, 1.54) is 12.1 Å². The van der Waals surface area contributed by atoms with Crippen molar-refractivity contribution in [2.45, 2.75) is 19.0 Å². The van der Waals surface area contributed by atoms with Gasteiger partial charge in [0.25, 0.3) is 0 Å². The maximum absolute atomic E-state index is 13.0. The molecule has 0 aliphatic heterocycles. The lowest BCUT2D eigenvalue weighted by atomic mass is 10.3. The normalized spacial score (nSPS) is 11.6. The summed E-state index contributed by atoms with van der Waals surface area (Å²) in [5.74, 6) is -0.281. The molecule has 0 radical (unpaired) electrons. The van der Waals surface area contributed by atoms with Crippen LogP contribution in [0.1, 0.15) is 12.8 Å². The van der Waals surface area contributed by atoms with E-state index in [9.17, 15) is 17.6 Å². The number of halogens is 5. The van der Waals surface area contributed by atoms with Gasteiger partial charge in [0.05, 0.1) is 11.1 Å². The van der Waals surface area contributed by atoms with E-state index in [0.29, 0.717) is 0 Å². The van der Waals surface area contributed by atoms with Crippen molar-refractivity contribution in [3.63, 3.8) is 0 Å². The summed E-state index contributed by atoms with van der Waals surface area (Å²) in [6.45, 7) is -0.0828. The molecule has 0 bridgehead atoms. The molecule has 0 aromatic heterocycles. The van der Waals surface area contributed by atoms with Gasteiger partial charge in [0.15, 0.2) is 0 Å². The molecule has 0 spiro atoms. The van der Waals surface area contributed by atoms with Gasteiger partial charge in [0.2, 0.25) is 0 Å². The fourth-order valence-corrected chi connectivity index (χ4v) is 1.28. The fraction of sp³-hybridized carbons (Fsp3) is 0.400. The molecule has 0 saturated heterocycles. The van der Waals surface area contributed by atoms with Gasteiger partial charge in [-0.1, -0.05) is 0 Å². The van der Waals surface area contributed by atoms with Crippen LogP contribution in [-0.2, 0) is 0 Å². The van der Waals surface area contributed by atoms with Crippen molar-refractivity contribution >= 4 is 15.9 Å². The maximum Gasteiger partial charge on any atom is 0.389 e. The summed E-state index contributed by atoms with van der Waals surface area (Å²) in [4.78, 5) is 0. The van der Waals surface area contributed by atoms with Crippen molar-refractivity contribution in [1.82, 2.24) is 0 Å². The minimum atomic E-state index is -4.17. The van der Waals surface area contributed by atoms with Crippen molar-refractivity contribution in [2.75, 3.05) is 6.61 Å². The summed E-state index contributed by atoms with van der Waals surface area (Å²) in [5.41, 5.74) is 0. The molecule has 0 unspecified atom stereocenters. The zero-order chi connectivity index (χ0) is 12.2. The number of benzene rings is 1. The second-order valence-electron chi connectivity index (χ2n) is 3.14. The second-order valence-corrected chi connectivity index (χ2v) is 4.00. The van der Waals surface area contributed by atoms with Crippen LogP contribution in [0.4, 0.5) is 17.6 Å². The molecule has 0 amide bonds. The summed E-state index contributed by atoms with van der Waals surface area (Å²) >= 11 is 2.96. The largest absolute Gasteiger partial charge is 0.493 e. The Hall–Kier alpha value is -0.780. The summed E-state index contributed by atoms with van der Waals surface area (Å²) < 4.78 is 53.6. The predicted molar refractivity (Wildman–Crippen MR) is 54.9 cm³/mol. The number of rotatable bonds is 4. The van der Waals surface area contributed by atoms with Gasteiger partial charge in [-0.15, -0.1) is 0 Å². The first kappa shape index (κ1) is 13.3. The molecular weight excluding hydrogens is 292 g/mol. The molecule has 6 heteroatoms. The van der Waals surface area contributed by atoms with Crippen LogP contribution in [-0.4, -0.2) is 12.8 Å². The first-order valence-corrected chi connectivity index (χ1v) is 5.32. The Balaban J connectivity index is 2.35. The highest BCUT2D eigenvalue weighted by Crippen LogP contribution is 2.23. The third-order valence-corrected chi connectivity index (χ3v) is 2.41. The molecule has 0 fully saturated rings. The van der Waals surface area contributed by atoms with E-state index in [0.717, 1.165) is 6.07 Å². The molecule has 1 aromatic carbocycles. The van der Waals surface area contributed by atoms with Crippen molar-refractivity contribution in [2.24, 2.45) is 0 Å². The van der Waals surface area contributed by atoms with Crippen LogP contribution in [0.3, 0.4) is 0 Å². The summed E-state index contributed by atoms with van der Waals surface area (Å²) in [6.07, 6.45) is -5.21. The molecule has 0 atom stereocenters. The zero-order valence-electron chi connectivity index (χ0n) is 8.15. The molecule has 0 aliphatic carbocycles. The average Bonchev–Trinajstić information content (AvgIpc) is 2.17. The van der Waals surface area contributed by atoms with E-state index in [1.54, 1.807) is 0 Å². The number of hydrogen-bond acceptors (Lipinski definition) is 1. The fourth-order valence-electron chi connectivity index (χ4n) is 1.03. The molecule has 0 N–H and O–H groups in total. The Morgan fingerprint density at radius 2 is 1.94 bits per heavy atom. The van der Waals surface area contributed by atoms with Crippen molar-refractivity contribution in [3.8, 4) is 5.75 Å². The SMILES string of the molecule is Fc1cc(OCCCC(F)(F)F)ccc1Br. The van der Waals surface area contributed by atoms with Crippen LogP contribution < -0.4 is 4.74 Å². The Labute approximate surface area is 98.5 Å². The van der Waals surface area contributed by atoms with E-state index < -0.39 is 18.4 Å². The lowest BCUT2D eigenvalue weighted by molar-refractivity contribution is -0.136. The number of hydrogen-bond donors (Lipinski definition) is 0. The van der Waals surface area contributed by atoms with Gasteiger partial charge in [-0.3, -0.25) is 0 Å². The first-order chi connectivity index (χ1) is 7.38. The van der Waals surface area contributed by atoms with E-state index in [1.807, 2.05) is 0 Å². The summed E-state index contributed by atoms with van der Waals surface area (Å²) in [6, 6.07) is 4.05. The molecule has 90 valence electrons. The molecular formula is C10H9BrF4O. The van der Waals surface area contributed by atoms with Crippen molar-refractivity contribution in [3.05, 3.63) is 28.5 Å². The summed E-state index contributed by atoms with van der Waals surface area (Å²) in [5, 5.41) is 0. The van der Waals surface area contributed by atoms with Crippen LogP contribution in [0.2, 0.25) is 0 Å². The third kappa shape index (κ3) is 4.83. The highest BCUT2D eigenvalue weighted by atomic mass is 79.9. The van der Waals surface area contributed by atoms with Gasteiger partial charge in [0.1, 0.15) is 11.6 Å². The van der Waals surface area contributed by atoms with Gasteiger partial charge in [0, 0.05) is 12.5 Å². The molecule has 0 aliphatic rings.